The molecule has 15 heavy (non-hydrogen) atoms. The van der Waals surface area contributed by atoms with E-state index in [0.717, 1.165) is 0 Å². The molecule has 0 saturated heterocycles. The molecule has 0 aliphatic carbocycles. The van der Waals surface area contributed by atoms with Gasteiger partial charge in [0.05, 0.1) is 11.1 Å². The number of nitro benzene ring substituents is 1. The second-order valence-corrected chi connectivity index (χ2v) is 2.58. The van der Waals surface area contributed by atoms with Crippen LogP contribution in [-0.2, 0) is 0 Å². The molecule has 0 heterocycles. The van der Waals surface area contributed by atoms with Gasteiger partial charge in [-0.25, -0.2) is 10.2 Å². The Morgan fingerprint density at radius 1 is 1.47 bits per heavy atom. The van der Waals surface area contributed by atoms with Gasteiger partial charge in [0.2, 0.25) is 0 Å². The minimum atomic E-state index is -0.770. The predicted octanol–water partition coefficient (Wildman–Crippen LogP) is 0.597. The van der Waals surface area contributed by atoms with Crippen LogP contribution >= 0.6 is 0 Å². The molecule has 0 atom stereocenters. The summed E-state index contributed by atoms with van der Waals surface area (Å²) in [7, 11) is 0. The van der Waals surface area contributed by atoms with E-state index in [9.17, 15) is 14.9 Å². The normalized spacial score (nSPS) is 10.1. The van der Waals surface area contributed by atoms with Gasteiger partial charge in [-0.05, 0) is 17.7 Å². The van der Waals surface area contributed by atoms with Gasteiger partial charge in [-0.15, -0.1) is 0 Å². The van der Waals surface area contributed by atoms with Crippen LogP contribution in [-0.4, -0.2) is 17.2 Å². The summed E-state index contributed by atoms with van der Waals surface area (Å²) in [5.74, 6) is 0. The molecule has 0 spiro atoms. The second-order valence-electron chi connectivity index (χ2n) is 2.58. The van der Waals surface area contributed by atoms with Crippen LogP contribution in [0.1, 0.15) is 5.56 Å². The molecule has 0 fully saturated rings. The van der Waals surface area contributed by atoms with Crippen LogP contribution in [0.3, 0.4) is 0 Å². The van der Waals surface area contributed by atoms with Crippen molar-refractivity contribution in [2.75, 3.05) is 0 Å². The van der Waals surface area contributed by atoms with Crippen molar-refractivity contribution in [1.82, 2.24) is 5.43 Å². The highest BCUT2D eigenvalue weighted by molar-refractivity contribution is 5.81. The molecule has 7 nitrogen and oxygen atoms in total. The number of carbonyl (C=O) groups is 1. The van der Waals surface area contributed by atoms with Gasteiger partial charge < -0.3 is 5.73 Å². The fourth-order valence-corrected chi connectivity index (χ4v) is 0.853. The molecule has 1 aromatic carbocycles. The summed E-state index contributed by atoms with van der Waals surface area (Å²) in [6.45, 7) is 0. The third-order valence-electron chi connectivity index (χ3n) is 1.49. The molecule has 2 amide bonds. The van der Waals surface area contributed by atoms with Gasteiger partial charge in [0, 0.05) is 12.1 Å². The zero-order valence-electron chi connectivity index (χ0n) is 7.58. The van der Waals surface area contributed by atoms with E-state index in [-0.39, 0.29) is 5.69 Å². The SMILES string of the molecule is NC(=O)NN=Cc1ccc([N+](=O)[O-])cc1. The maximum atomic E-state index is 10.3. The fraction of sp³-hybridized carbons (Fsp3) is 0. The number of nitro groups is 1. The molecule has 0 aromatic heterocycles. The van der Waals surface area contributed by atoms with Crippen LogP contribution in [0.2, 0.25) is 0 Å². The summed E-state index contributed by atoms with van der Waals surface area (Å²) in [4.78, 5) is 20.1. The highest BCUT2D eigenvalue weighted by Crippen LogP contribution is 2.10. The minimum absolute atomic E-state index is 0.00462. The zero-order valence-corrected chi connectivity index (χ0v) is 7.58. The van der Waals surface area contributed by atoms with Gasteiger partial charge in [-0.3, -0.25) is 10.1 Å². The lowest BCUT2D eigenvalue weighted by Crippen LogP contribution is -2.24. The standard InChI is InChI=1S/C8H8N4O3/c9-8(13)11-10-5-6-1-3-7(4-2-6)12(14)15/h1-5H,(H3,9,11,13). The average molecular weight is 208 g/mol. The molecular formula is C8H8N4O3. The van der Waals surface area contributed by atoms with Gasteiger partial charge in [-0.1, -0.05) is 0 Å². The quantitative estimate of drug-likeness (QED) is 0.431. The van der Waals surface area contributed by atoms with Crippen molar-refractivity contribution >= 4 is 17.9 Å². The van der Waals surface area contributed by atoms with Crippen LogP contribution in [0.4, 0.5) is 10.5 Å². The lowest BCUT2D eigenvalue weighted by Gasteiger charge is -1.93. The van der Waals surface area contributed by atoms with Crippen molar-refractivity contribution in [3.63, 3.8) is 0 Å². The monoisotopic (exact) mass is 208 g/mol. The number of urea groups is 1. The smallest absolute Gasteiger partial charge is 0.332 e. The molecule has 0 aliphatic rings. The maximum absolute atomic E-state index is 10.3. The first-order chi connectivity index (χ1) is 7.09. The Kier molecular flexibility index (Phi) is 3.33. The number of nitrogens with two attached hydrogens (primary N) is 1. The zero-order chi connectivity index (χ0) is 11.3. The molecular weight excluding hydrogens is 200 g/mol. The van der Waals surface area contributed by atoms with E-state index in [1.54, 1.807) is 0 Å². The Balaban J connectivity index is 2.68. The van der Waals surface area contributed by atoms with E-state index in [1.807, 2.05) is 5.43 Å². The Morgan fingerprint density at radius 2 is 2.07 bits per heavy atom. The number of non-ortho nitro benzene ring substituents is 1. The number of hydrogen-bond donors (Lipinski definition) is 2. The van der Waals surface area contributed by atoms with Gasteiger partial charge >= 0.3 is 6.03 Å². The molecule has 0 unspecified atom stereocenters. The van der Waals surface area contributed by atoms with Crippen LogP contribution < -0.4 is 11.2 Å². The Bertz CT molecular complexity index is 399. The number of primary amides is 1. The summed E-state index contributed by atoms with van der Waals surface area (Å²) in [6.07, 6.45) is 1.33. The molecule has 1 aromatic rings. The van der Waals surface area contributed by atoms with Crippen molar-refractivity contribution in [2.24, 2.45) is 10.8 Å². The van der Waals surface area contributed by atoms with E-state index in [0.29, 0.717) is 5.56 Å². The van der Waals surface area contributed by atoms with E-state index in [1.165, 1.54) is 30.5 Å². The number of hydrogen-bond acceptors (Lipinski definition) is 4. The Labute approximate surface area is 84.7 Å². The number of rotatable bonds is 3. The average Bonchev–Trinajstić information content (AvgIpc) is 2.18. The predicted molar refractivity (Wildman–Crippen MR) is 53.4 cm³/mol. The Morgan fingerprint density at radius 3 is 2.53 bits per heavy atom. The molecule has 7 heteroatoms. The van der Waals surface area contributed by atoms with E-state index < -0.39 is 11.0 Å². The largest absolute Gasteiger partial charge is 0.350 e. The highest BCUT2D eigenvalue weighted by Gasteiger charge is 2.02. The van der Waals surface area contributed by atoms with Crippen molar-refractivity contribution in [3.05, 3.63) is 39.9 Å². The first-order valence-electron chi connectivity index (χ1n) is 3.92. The number of nitrogens with one attached hydrogen (secondary N) is 1. The van der Waals surface area contributed by atoms with E-state index >= 15 is 0 Å². The van der Waals surface area contributed by atoms with Crippen LogP contribution in [0.25, 0.3) is 0 Å². The minimum Gasteiger partial charge on any atom is -0.350 e. The van der Waals surface area contributed by atoms with Crippen molar-refractivity contribution in [3.8, 4) is 0 Å². The lowest BCUT2D eigenvalue weighted by atomic mass is 10.2. The molecule has 0 bridgehead atoms. The molecule has 0 saturated carbocycles. The molecule has 78 valence electrons. The third-order valence-corrected chi connectivity index (χ3v) is 1.49. The van der Waals surface area contributed by atoms with Crippen molar-refractivity contribution in [2.45, 2.75) is 0 Å². The first-order valence-corrected chi connectivity index (χ1v) is 3.92. The fourth-order valence-electron chi connectivity index (χ4n) is 0.853. The summed E-state index contributed by atoms with van der Waals surface area (Å²) < 4.78 is 0. The van der Waals surface area contributed by atoms with Crippen LogP contribution in [0.5, 0.6) is 0 Å². The van der Waals surface area contributed by atoms with Gasteiger partial charge in [0.15, 0.2) is 0 Å². The van der Waals surface area contributed by atoms with Gasteiger partial charge in [-0.2, -0.15) is 5.10 Å². The first kappa shape index (κ1) is 10.6. The van der Waals surface area contributed by atoms with Gasteiger partial charge in [0.1, 0.15) is 0 Å². The summed E-state index contributed by atoms with van der Waals surface area (Å²) in [5, 5.41) is 13.8. The number of hydrazone groups is 1. The maximum Gasteiger partial charge on any atom is 0.332 e. The van der Waals surface area contributed by atoms with E-state index in [4.69, 9.17) is 5.73 Å². The highest BCUT2D eigenvalue weighted by atomic mass is 16.6. The second kappa shape index (κ2) is 4.70. The summed E-state index contributed by atoms with van der Waals surface area (Å²) in [5.41, 5.74) is 7.39. The number of nitrogens with zero attached hydrogens (tertiary/aromatic N) is 2. The summed E-state index contributed by atoms with van der Waals surface area (Å²) >= 11 is 0. The molecule has 0 aliphatic heterocycles. The topological polar surface area (TPSA) is 111 Å². The molecule has 0 radical (unpaired) electrons. The summed E-state index contributed by atoms with van der Waals surface area (Å²) in [6, 6.07) is 4.92. The van der Waals surface area contributed by atoms with Gasteiger partial charge in [0.25, 0.3) is 5.69 Å². The van der Waals surface area contributed by atoms with Crippen molar-refractivity contribution in [1.29, 1.82) is 0 Å². The number of amides is 2. The van der Waals surface area contributed by atoms with E-state index in [2.05, 4.69) is 5.10 Å². The third kappa shape index (κ3) is 3.43. The Hall–Kier alpha value is -2.44. The lowest BCUT2D eigenvalue weighted by molar-refractivity contribution is -0.384. The number of carbonyl (C=O) groups excluding carboxylic acids is 1. The molecule has 3 N–H and O–H groups in total. The van der Waals surface area contributed by atoms with Crippen LogP contribution in [0.15, 0.2) is 29.4 Å². The van der Waals surface area contributed by atoms with Crippen LogP contribution in [0, 0.1) is 10.1 Å². The van der Waals surface area contributed by atoms with Crippen molar-refractivity contribution < 1.29 is 9.72 Å². The molecule has 1 rings (SSSR count). The number of benzene rings is 1.